The molecule has 6 heteroatoms. The molecule has 1 N–H and O–H groups in total. The Hall–Kier alpha value is -2.55. The number of rotatable bonds is 3. The second kappa shape index (κ2) is 5.68. The Morgan fingerprint density at radius 2 is 2.33 bits per heavy atom. The molecule has 92 valence electrons. The number of nitrogens with zero attached hydrogens (tertiary/aromatic N) is 2. The lowest BCUT2D eigenvalue weighted by molar-refractivity contribution is -0.120. The number of carbonyl (C=O) groups is 1. The minimum Gasteiger partial charge on any atom is -0.486 e. The summed E-state index contributed by atoms with van der Waals surface area (Å²) in [6, 6.07) is 7.15. The summed E-state index contributed by atoms with van der Waals surface area (Å²) in [7, 11) is 0. The lowest BCUT2D eigenvalue weighted by Gasteiger charge is -2.19. The van der Waals surface area contributed by atoms with E-state index in [1.54, 1.807) is 18.2 Å². The number of hydrogen-bond acceptors (Lipinski definition) is 5. The van der Waals surface area contributed by atoms with Crippen LogP contribution in [0.4, 0.5) is 0 Å². The highest BCUT2D eigenvalue weighted by molar-refractivity contribution is 5.86. The van der Waals surface area contributed by atoms with E-state index >= 15 is 0 Å². The Morgan fingerprint density at radius 3 is 3.17 bits per heavy atom. The van der Waals surface area contributed by atoms with E-state index in [9.17, 15) is 4.79 Å². The molecule has 0 radical (unpaired) electrons. The van der Waals surface area contributed by atoms with Gasteiger partial charge >= 0.3 is 0 Å². The molecule has 1 heterocycles. The normalized spacial score (nSPS) is 13.1. The SMILES string of the molecule is N#CCC(=O)N/N=C/c1cccc2c1OCCO2. The van der Waals surface area contributed by atoms with Gasteiger partial charge in [0.25, 0.3) is 5.91 Å². The van der Waals surface area contributed by atoms with Gasteiger partial charge in [0, 0.05) is 5.56 Å². The van der Waals surface area contributed by atoms with Crippen LogP contribution in [-0.2, 0) is 4.79 Å². The van der Waals surface area contributed by atoms with Gasteiger partial charge in [-0.3, -0.25) is 4.79 Å². The lowest BCUT2D eigenvalue weighted by atomic mass is 10.2. The predicted molar refractivity (Wildman–Crippen MR) is 63.4 cm³/mol. The van der Waals surface area contributed by atoms with E-state index in [4.69, 9.17) is 14.7 Å². The minimum atomic E-state index is -0.448. The van der Waals surface area contributed by atoms with Crippen molar-refractivity contribution in [2.24, 2.45) is 5.10 Å². The Labute approximate surface area is 104 Å². The Balaban J connectivity index is 2.08. The Kier molecular flexibility index (Phi) is 3.76. The summed E-state index contributed by atoms with van der Waals surface area (Å²) < 4.78 is 10.9. The second-order valence-corrected chi connectivity index (χ2v) is 3.50. The average molecular weight is 245 g/mol. The van der Waals surface area contributed by atoms with Crippen LogP contribution < -0.4 is 14.9 Å². The van der Waals surface area contributed by atoms with Crippen LogP contribution >= 0.6 is 0 Å². The number of nitrogens with one attached hydrogen (secondary N) is 1. The molecule has 0 spiro atoms. The van der Waals surface area contributed by atoms with Crippen molar-refractivity contribution in [2.75, 3.05) is 13.2 Å². The standard InChI is InChI=1S/C12H11N3O3/c13-5-4-11(16)15-14-8-9-2-1-3-10-12(9)18-7-6-17-10/h1-3,8H,4,6-7H2,(H,15,16)/b14-8+. The molecule has 0 bridgehead atoms. The summed E-state index contributed by atoms with van der Waals surface area (Å²) in [5.74, 6) is 0.825. The predicted octanol–water partition coefficient (Wildman–Crippen LogP) is 0.822. The van der Waals surface area contributed by atoms with E-state index in [-0.39, 0.29) is 6.42 Å². The van der Waals surface area contributed by atoms with E-state index in [1.807, 2.05) is 6.07 Å². The number of fused-ring (bicyclic) bond motifs is 1. The third kappa shape index (κ3) is 2.77. The summed E-state index contributed by atoms with van der Waals surface area (Å²) >= 11 is 0. The number of hydrogen-bond donors (Lipinski definition) is 1. The van der Waals surface area contributed by atoms with Crippen LogP contribution in [0.15, 0.2) is 23.3 Å². The van der Waals surface area contributed by atoms with Gasteiger partial charge in [0.05, 0.1) is 12.3 Å². The van der Waals surface area contributed by atoms with Crippen molar-refractivity contribution in [3.63, 3.8) is 0 Å². The summed E-state index contributed by atoms with van der Waals surface area (Å²) in [6.45, 7) is 1.01. The highest BCUT2D eigenvalue weighted by Crippen LogP contribution is 2.32. The Morgan fingerprint density at radius 1 is 1.50 bits per heavy atom. The van der Waals surface area contributed by atoms with Gasteiger partial charge in [0.2, 0.25) is 0 Å². The summed E-state index contributed by atoms with van der Waals surface area (Å²) in [4.78, 5) is 11.0. The smallest absolute Gasteiger partial charge is 0.254 e. The number of benzene rings is 1. The molecule has 1 amide bonds. The van der Waals surface area contributed by atoms with Gasteiger partial charge in [0.1, 0.15) is 19.6 Å². The molecule has 1 aromatic carbocycles. The molecule has 0 aromatic heterocycles. The molecule has 0 fully saturated rings. The Bertz CT molecular complexity index is 520. The topological polar surface area (TPSA) is 83.7 Å². The lowest BCUT2D eigenvalue weighted by Crippen LogP contribution is -2.18. The highest BCUT2D eigenvalue weighted by atomic mass is 16.6. The molecule has 18 heavy (non-hydrogen) atoms. The fourth-order valence-electron chi connectivity index (χ4n) is 1.48. The van der Waals surface area contributed by atoms with E-state index in [2.05, 4.69) is 10.5 Å². The minimum absolute atomic E-state index is 0.218. The van der Waals surface area contributed by atoms with E-state index in [1.165, 1.54) is 6.21 Å². The van der Waals surface area contributed by atoms with Crippen molar-refractivity contribution in [2.45, 2.75) is 6.42 Å². The molecule has 6 nitrogen and oxygen atoms in total. The first-order valence-corrected chi connectivity index (χ1v) is 5.38. The monoisotopic (exact) mass is 245 g/mol. The average Bonchev–Trinajstić information content (AvgIpc) is 2.39. The third-order valence-electron chi connectivity index (χ3n) is 2.23. The molecule has 1 aliphatic heterocycles. The van der Waals surface area contributed by atoms with Gasteiger partial charge in [-0.05, 0) is 12.1 Å². The molecule has 2 rings (SSSR count). The van der Waals surface area contributed by atoms with Crippen LogP contribution in [-0.4, -0.2) is 25.3 Å². The molecule has 0 saturated heterocycles. The molecule has 0 atom stereocenters. The van der Waals surface area contributed by atoms with Gasteiger partial charge in [-0.25, -0.2) is 5.43 Å². The number of para-hydroxylation sites is 1. The van der Waals surface area contributed by atoms with Gasteiger partial charge < -0.3 is 9.47 Å². The summed E-state index contributed by atoms with van der Waals surface area (Å²) in [6.07, 6.45) is 1.24. The fourth-order valence-corrected chi connectivity index (χ4v) is 1.48. The first-order chi connectivity index (χ1) is 8.81. The van der Waals surface area contributed by atoms with Gasteiger partial charge in [-0.1, -0.05) is 6.07 Å². The molecule has 0 aliphatic carbocycles. The van der Waals surface area contributed by atoms with Crippen molar-refractivity contribution >= 4 is 12.1 Å². The van der Waals surface area contributed by atoms with Crippen molar-refractivity contribution in [1.82, 2.24) is 5.43 Å². The molecule has 1 aromatic rings. The summed E-state index contributed by atoms with van der Waals surface area (Å²) in [5.41, 5.74) is 2.96. The maximum atomic E-state index is 11.0. The molecule has 0 unspecified atom stereocenters. The first kappa shape index (κ1) is 11.9. The number of amides is 1. The maximum Gasteiger partial charge on any atom is 0.254 e. The molecule has 1 aliphatic rings. The van der Waals surface area contributed by atoms with Gasteiger partial charge in [0.15, 0.2) is 11.5 Å². The van der Waals surface area contributed by atoms with Crippen LogP contribution in [0.3, 0.4) is 0 Å². The van der Waals surface area contributed by atoms with E-state index in [0.29, 0.717) is 30.3 Å². The van der Waals surface area contributed by atoms with Gasteiger partial charge in [-0.15, -0.1) is 0 Å². The largest absolute Gasteiger partial charge is 0.486 e. The number of ether oxygens (including phenoxy) is 2. The van der Waals surface area contributed by atoms with Crippen molar-refractivity contribution in [1.29, 1.82) is 5.26 Å². The number of carbonyl (C=O) groups excluding carboxylic acids is 1. The van der Waals surface area contributed by atoms with Crippen molar-refractivity contribution in [3.8, 4) is 17.6 Å². The van der Waals surface area contributed by atoms with Crippen LogP contribution in [0.1, 0.15) is 12.0 Å². The van der Waals surface area contributed by atoms with Crippen LogP contribution in [0.2, 0.25) is 0 Å². The highest BCUT2D eigenvalue weighted by Gasteiger charge is 2.14. The fraction of sp³-hybridized carbons (Fsp3) is 0.250. The second-order valence-electron chi connectivity index (χ2n) is 3.50. The third-order valence-corrected chi connectivity index (χ3v) is 2.23. The molecule has 0 saturated carbocycles. The van der Waals surface area contributed by atoms with E-state index < -0.39 is 5.91 Å². The zero-order valence-electron chi connectivity index (χ0n) is 9.55. The van der Waals surface area contributed by atoms with Crippen LogP contribution in [0, 0.1) is 11.3 Å². The number of hydrazone groups is 1. The maximum absolute atomic E-state index is 11.0. The van der Waals surface area contributed by atoms with Crippen molar-refractivity contribution < 1.29 is 14.3 Å². The summed E-state index contributed by atoms with van der Waals surface area (Å²) in [5, 5.41) is 12.1. The first-order valence-electron chi connectivity index (χ1n) is 5.38. The van der Waals surface area contributed by atoms with Crippen LogP contribution in [0.5, 0.6) is 11.5 Å². The van der Waals surface area contributed by atoms with Gasteiger partial charge in [-0.2, -0.15) is 10.4 Å². The molecular weight excluding hydrogens is 234 g/mol. The van der Waals surface area contributed by atoms with Crippen LogP contribution in [0.25, 0.3) is 0 Å². The zero-order chi connectivity index (χ0) is 12.8. The zero-order valence-corrected chi connectivity index (χ0v) is 9.55. The number of nitriles is 1. The quantitative estimate of drug-likeness (QED) is 0.631. The molecular formula is C12H11N3O3. The van der Waals surface area contributed by atoms with Crippen molar-refractivity contribution in [3.05, 3.63) is 23.8 Å². The van der Waals surface area contributed by atoms with E-state index in [0.717, 1.165) is 0 Å².